The number of carbonyl (C=O) groups is 3. The van der Waals surface area contributed by atoms with Gasteiger partial charge in [-0.15, -0.1) is 0 Å². The average molecular weight is 469 g/mol. The van der Waals surface area contributed by atoms with E-state index in [0.717, 1.165) is 6.07 Å². The van der Waals surface area contributed by atoms with Crippen molar-refractivity contribution in [3.05, 3.63) is 58.1 Å². The molecule has 0 saturated carbocycles. The predicted octanol–water partition coefficient (Wildman–Crippen LogP) is 4.43. The molecule has 1 aliphatic heterocycles. The molecule has 0 spiro atoms. The number of halogens is 4. The SMILES string of the molecule is CCOc1cc(OC)ccc1/C=C1/C(=O)NC(=O)N(c2cc(C(F)(F)F)ccc2Cl)C1=O. The van der Waals surface area contributed by atoms with Crippen molar-refractivity contribution in [1.82, 2.24) is 5.32 Å². The third-order valence-corrected chi connectivity index (χ3v) is 4.76. The summed E-state index contributed by atoms with van der Waals surface area (Å²) in [5.41, 5.74) is -1.81. The molecule has 0 aromatic heterocycles. The number of methoxy groups -OCH3 is 1. The minimum absolute atomic E-state index is 0.272. The fraction of sp³-hybridized carbons (Fsp3) is 0.190. The van der Waals surface area contributed by atoms with Crippen LogP contribution in [-0.2, 0) is 15.8 Å². The number of barbiturate groups is 1. The molecule has 1 heterocycles. The highest BCUT2D eigenvalue weighted by molar-refractivity contribution is 6.42. The summed E-state index contributed by atoms with van der Waals surface area (Å²) in [5.74, 6) is -1.40. The van der Waals surface area contributed by atoms with Crippen LogP contribution in [0.4, 0.5) is 23.7 Å². The summed E-state index contributed by atoms with van der Waals surface area (Å²) in [6, 6.07) is 5.59. The van der Waals surface area contributed by atoms with Crippen molar-refractivity contribution in [1.29, 1.82) is 0 Å². The minimum atomic E-state index is -4.74. The Morgan fingerprint density at radius 1 is 1.12 bits per heavy atom. The molecule has 1 fully saturated rings. The van der Waals surface area contributed by atoms with Gasteiger partial charge in [-0.05, 0) is 43.3 Å². The van der Waals surface area contributed by atoms with Gasteiger partial charge in [-0.25, -0.2) is 9.69 Å². The number of anilines is 1. The van der Waals surface area contributed by atoms with Crippen LogP contribution in [0.3, 0.4) is 0 Å². The Morgan fingerprint density at radius 3 is 2.47 bits per heavy atom. The fourth-order valence-corrected chi connectivity index (χ4v) is 3.14. The van der Waals surface area contributed by atoms with E-state index in [4.69, 9.17) is 21.1 Å². The van der Waals surface area contributed by atoms with Gasteiger partial charge in [0.25, 0.3) is 11.8 Å². The molecule has 2 aromatic rings. The molecule has 11 heteroatoms. The number of benzene rings is 2. The lowest BCUT2D eigenvalue weighted by atomic mass is 10.1. The summed E-state index contributed by atoms with van der Waals surface area (Å²) >= 11 is 5.97. The number of nitrogens with zero attached hydrogens (tertiary/aromatic N) is 1. The van der Waals surface area contributed by atoms with Crippen LogP contribution in [-0.4, -0.2) is 31.6 Å². The first-order chi connectivity index (χ1) is 15.1. The first-order valence-corrected chi connectivity index (χ1v) is 9.53. The van der Waals surface area contributed by atoms with Gasteiger partial charge in [0, 0.05) is 11.6 Å². The summed E-state index contributed by atoms with van der Waals surface area (Å²) in [6.07, 6.45) is -3.57. The summed E-state index contributed by atoms with van der Waals surface area (Å²) in [4.78, 5) is 38.1. The van der Waals surface area contributed by atoms with Crippen LogP contribution in [0, 0.1) is 0 Å². The van der Waals surface area contributed by atoms with Gasteiger partial charge in [-0.1, -0.05) is 11.6 Å². The maximum Gasteiger partial charge on any atom is 0.416 e. The van der Waals surface area contributed by atoms with Gasteiger partial charge in [0.05, 0.1) is 30.0 Å². The molecule has 168 valence electrons. The van der Waals surface area contributed by atoms with Crippen molar-refractivity contribution in [3.8, 4) is 11.5 Å². The smallest absolute Gasteiger partial charge is 0.416 e. The van der Waals surface area contributed by atoms with Gasteiger partial charge in [0.1, 0.15) is 17.1 Å². The zero-order valence-corrected chi connectivity index (χ0v) is 17.5. The highest BCUT2D eigenvalue weighted by Crippen LogP contribution is 2.37. The van der Waals surface area contributed by atoms with E-state index in [-0.39, 0.29) is 11.6 Å². The Bertz CT molecular complexity index is 1130. The molecule has 32 heavy (non-hydrogen) atoms. The van der Waals surface area contributed by atoms with Crippen LogP contribution >= 0.6 is 11.6 Å². The van der Waals surface area contributed by atoms with Gasteiger partial charge in [-0.2, -0.15) is 13.2 Å². The van der Waals surface area contributed by atoms with Gasteiger partial charge in [0.2, 0.25) is 0 Å². The number of imide groups is 2. The lowest BCUT2D eigenvalue weighted by Crippen LogP contribution is -2.54. The number of ether oxygens (including phenoxy) is 2. The number of amides is 4. The Hall–Kier alpha value is -3.53. The number of hydrogen-bond acceptors (Lipinski definition) is 5. The zero-order valence-electron chi connectivity index (χ0n) is 16.7. The van der Waals surface area contributed by atoms with Crippen LogP contribution in [0.1, 0.15) is 18.1 Å². The molecule has 4 amide bonds. The van der Waals surface area contributed by atoms with E-state index >= 15 is 0 Å². The van der Waals surface area contributed by atoms with Gasteiger partial charge in [-0.3, -0.25) is 14.9 Å². The standard InChI is InChI=1S/C21H16ClF3N2O5/c1-3-32-17-10-13(31-2)6-4-11(17)8-14-18(28)26-20(30)27(19(14)29)16-9-12(21(23,24)25)5-7-15(16)22/h4-10H,3H2,1-2H3,(H,26,28,30)/b14-8-. The van der Waals surface area contributed by atoms with E-state index in [1.54, 1.807) is 13.0 Å². The summed E-state index contributed by atoms with van der Waals surface area (Å²) in [6.45, 7) is 2.00. The molecule has 0 unspecified atom stereocenters. The molecule has 0 bridgehead atoms. The van der Waals surface area contributed by atoms with E-state index in [2.05, 4.69) is 0 Å². The third kappa shape index (κ3) is 4.54. The summed E-state index contributed by atoms with van der Waals surface area (Å²) in [7, 11) is 1.45. The Labute approximate surface area is 185 Å². The van der Waals surface area contributed by atoms with E-state index < -0.39 is 40.8 Å². The second kappa shape index (κ2) is 8.91. The second-order valence-electron chi connectivity index (χ2n) is 6.46. The summed E-state index contributed by atoms with van der Waals surface area (Å²) < 4.78 is 50.0. The van der Waals surface area contributed by atoms with E-state index in [9.17, 15) is 27.6 Å². The number of urea groups is 1. The van der Waals surface area contributed by atoms with Gasteiger partial charge >= 0.3 is 12.2 Å². The van der Waals surface area contributed by atoms with Gasteiger partial charge < -0.3 is 9.47 Å². The molecule has 1 N–H and O–H groups in total. The lowest BCUT2D eigenvalue weighted by molar-refractivity contribution is -0.137. The molecular formula is C21H16ClF3N2O5. The molecular weight excluding hydrogens is 453 g/mol. The van der Waals surface area contributed by atoms with E-state index in [0.29, 0.717) is 34.1 Å². The molecule has 3 rings (SSSR count). The number of rotatable bonds is 5. The quantitative estimate of drug-likeness (QED) is 0.518. The van der Waals surface area contributed by atoms with Crippen LogP contribution in [0.2, 0.25) is 5.02 Å². The van der Waals surface area contributed by atoms with Crippen LogP contribution in [0.25, 0.3) is 6.08 Å². The zero-order chi connectivity index (χ0) is 23.6. The molecule has 1 saturated heterocycles. The first kappa shape index (κ1) is 23.1. The molecule has 7 nitrogen and oxygen atoms in total. The number of alkyl halides is 3. The first-order valence-electron chi connectivity index (χ1n) is 9.15. The minimum Gasteiger partial charge on any atom is -0.497 e. The predicted molar refractivity (Wildman–Crippen MR) is 110 cm³/mol. The fourth-order valence-electron chi connectivity index (χ4n) is 2.93. The monoisotopic (exact) mass is 468 g/mol. The largest absolute Gasteiger partial charge is 0.497 e. The Kier molecular flexibility index (Phi) is 6.45. The van der Waals surface area contributed by atoms with E-state index in [1.807, 2.05) is 5.32 Å². The topological polar surface area (TPSA) is 84.9 Å². The maximum absolute atomic E-state index is 13.1. The molecule has 0 atom stereocenters. The second-order valence-corrected chi connectivity index (χ2v) is 6.87. The molecule has 2 aromatic carbocycles. The third-order valence-electron chi connectivity index (χ3n) is 4.44. The lowest BCUT2D eigenvalue weighted by Gasteiger charge is -2.27. The van der Waals surface area contributed by atoms with Crippen LogP contribution in [0.15, 0.2) is 42.0 Å². The summed E-state index contributed by atoms with van der Waals surface area (Å²) in [5, 5.41) is 1.66. The van der Waals surface area contributed by atoms with Crippen molar-refractivity contribution in [3.63, 3.8) is 0 Å². The van der Waals surface area contributed by atoms with Crippen molar-refractivity contribution >= 4 is 41.2 Å². The van der Waals surface area contributed by atoms with Crippen molar-refractivity contribution in [2.24, 2.45) is 0 Å². The van der Waals surface area contributed by atoms with Gasteiger partial charge in [0.15, 0.2) is 0 Å². The molecule has 0 aliphatic carbocycles. The van der Waals surface area contributed by atoms with Crippen molar-refractivity contribution in [2.45, 2.75) is 13.1 Å². The normalized spacial score (nSPS) is 15.8. The number of hydrogen-bond donors (Lipinski definition) is 1. The van der Waals surface area contributed by atoms with Crippen molar-refractivity contribution < 1.29 is 37.0 Å². The highest BCUT2D eigenvalue weighted by Gasteiger charge is 2.39. The van der Waals surface area contributed by atoms with Crippen LogP contribution < -0.4 is 19.7 Å². The molecule has 1 aliphatic rings. The Morgan fingerprint density at radius 2 is 1.84 bits per heavy atom. The number of nitrogens with one attached hydrogen (secondary N) is 1. The van der Waals surface area contributed by atoms with Crippen LogP contribution in [0.5, 0.6) is 11.5 Å². The van der Waals surface area contributed by atoms with Crippen molar-refractivity contribution in [2.75, 3.05) is 18.6 Å². The Balaban J connectivity index is 2.09. The molecule has 0 radical (unpaired) electrons. The van der Waals surface area contributed by atoms with E-state index in [1.165, 1.54) is 25.3 Å². The highest BCUT2D eigenvalue weighted by atomic mass is 35.5. The average Bonchev–Trinajstić information content (AvgIpc) is 2.72. The number of carbonyl (C=O) groups excluding carboxylic acids is 3. The maximum atomic E-state index is 13.1.